The van der Waals surface area contributed by atoms with Crippen LogP contribution in [0.1, 0.15) is 12.8 Å². The van der Waals surface area contributed by atoms with Crippen molar-refractivity contribution in [1.82, 2.24) is 5.01 Å². The molecule has 64 valence electrons. The smallest absolute Gasteiger partial charge is 0.737 e. The quantitative estimate of drug-likeness (QED) is 0.212. The third-order valence-electron chi connectivity index (χ3n) is 1.85. The second-order valence-electron chi connectivity index (χ2n) is 2.48. The molecule has 0 spiro atoms. The fourth-order valence-electron chi connectivity index (χ4n) is 1.28. The van der Waals surface area contributed by atoms with E-state index < -0.39 is 0 Å². The summed E-state index contributed by atoms with van der Waals surface area (Å²) in [6.45, 7) is 0.398. The third-order valence-corrected chi connectivity index (χ3v) is 1.85. The average molecular weight is 183 g/mol. The molecule has 1 atom stereocenters. The first-order valence-corrected chi connectivity index (χ1v) is 3.47. The molecule has 1 aliphatic rings. The molecule has 12 heavy (non-hydrogen) atoms. The zero-order valence-corrected chi connectivity index (χ0v) is 9.01. The minimum absolute atomic E-state index is 0. The van der Waals surface area contributed by atoms with Gasteiger partial charge in [0.2, 0.25) is 0 Å². The molecule has 0 unspecified atom stereocenters. The summed E-state index contributed by atoms with van der Waals surface area (Å²) in [5.41, 5.74) is 0. The molecule has 1 saturated heterocycles. The molecule has 0 amide bonds. The summed E-state index contributed by atoms with van der Waals surface area (Å²) in [5.74, 6) is 0. The van der Waals surface area contributed by atoms with E-state index in [-0.39, 0.29) is 47.2 Å². The monoisotopic (exact) mass is 183 g/mol. The van der Waals surface area contributed by atoms with E-state index in [1.807, 2.05) is 0 Å². The van der Waals surface area contributed by atoms with Gasteiger partial charge in [0.15, 0.2) is 0 Å². The molecular weight excluding hydrogens is 173 g/mol. The van der Waals surface area contributed by atoms with Crippen molar-refractivity contribution in [3.63, 3.8) is 0 Å². The van der Waals surface area contributed by atoms with Gasteiger partial charge in [-0.05, 0) is 18.1 Å². The minimum atomic E-state index is -0.231. The SMILES string of the molecule is [Na+].[O-]/N=[N+](\[O-])N1CCC[C@H]1CO. The number of hydrogen-bond donors (Lipinski definition) is 1. The van der Waals surface area contributed by atoms with Crippen molar-refractivity contribution in [2.45, 2.75) is 18.9 Å². The van der Waals surface area contributed by atoms with Gasteiger partial charge in [-0.25, -0.2) is 0 Å². The number of aliphatic hydroxyl groups is 1. The van der Waals surface area contributed by atoms with Crippen LogP contribution in [-0.4, -0.2) is 34.3 Å². The van der Waals surface area contributed by atoms with E-state index in [9.17, 15) is 10.4 Å². The first-order chi connectivity index (χ1) is 5.29. The van der Waals surface area contributed by atoms with Gasteiger partial charge in [-0.3, -0.25) is 0 Å². The molecule has 1 heterocycles. The van der Waals surface area contributed by atoms with E-state index in [1.165, 1.54) is 5.01 Å². The molecule has 0 saturated carbocycles. The number of nitrogens with zero attached hydrogens (tertiary/aromatic N) is 3. The summed E-state index contributed by atoms with van der Waals surface area (Å²) in [6.07, 6.45) is 1.56. The van der Waals surface area contributed by atoms with Gasteiger partial charge >= 0.3 is 29.6 Å². The van der Waals surface area contributed by atoms with E-state index in [2.05, 4.69) is 5.28 Å². The molecule has 1 N–H and O–H groups in total. The Labute approximate surface area is 92.3 Å². The molecule has 0 aliphatic carbocycles. The van der Waals surface area contributed by atoms with Gasteiger partial charge in [-0.1, -0.05) is 0 Å². The summed E-state index contributed by atoms with van der Waals surface area (Å²) in [7, 11) is 0. The Hall–Kier alpha value is -0.0400. The molecule has 0 bridgehead atoms. The van der Waals surface area contributed by atoms with Crippen LogP contribution in [-0.2, 0) is 0 Å². The zero-order chi connectivity index (χ0) is 8.27. The molecular formula is C5H10N3NaO3. The standard InChI is InChI=1S/C5H11N3O3.Na/c9-4-5-2-1-3-7(5)8(11)6-10;/h5,9-10H,1-4H2;/q;+1/p-1/b8-6-;/t5-;/m0./s1. The molecule has 6 nitrogen and oxygen atoms in total. The van der Waals surface area contributed by atoms with Crippen LogP contribution >= 0.6 is 0 Å². The first kappa shape index (κ1) is 12.0. The normalized spacial score (nSPS) is 23.9. The summed E-state index contributed by atoms with van der Waals surface area (Å²) < 4.78 is 0. The van der Waals surface area contributed by atoms with Crippen LogP contribution < -0.4 is 29.6 Å². The summed E-state index contributed by atoms with van der Waals surface area (Å²) in [6, 6.07) is -0.231. The molecule has 7 heteroatoms. The van der Waals surface area contributed by atoms with Crippen LogP contribution in [0, 0.1) is 10.4 Å². The number of aliphatic hydroxyl groups excluding tert-OH is 1. The van der Waals surface area contributed by atoms with E-state index in [1.54, 1.807) is 0 Å². The summed E-state index contributed by atoms with van der Waals surface area (Å²) in [4.78, 5) is 0.00782. The Balaban J connectivity index is 0.00000121. The molecule has 1 fully saturated rings. The summed E-state index contributed by atoms with van der Waals surface area (Å²) >= 11 is 0. The maximum atomic E-state index is 10.6. The van der Waals surface area contributed by atoms with Crippen molar-refractivity contribution in [1.29, 1.82) is 0 Å². The van der Waals surface area contributed by atoms with Crippen molar-refractivity contribution in [2.75, 3.05) is 13.2 Å². The van der Waals surface area contributed by atoms with Crippen LogP contribution in [0.5, 0.6) is 0 Å². The second kappa shape index (κ2) is 5.58. The van der Waals surface area contributed by atoms with Crippen LogP contribution in [0.15, 0.2) is 5.28 Å². The number of hydrogen-bond acceptors (Lipinski definition) is 4. The van der Waals surface area contributed by atoms with E-state index >= 15 is 0 Å². The molecule has 0 aromatic heterocycles. The first-order valence-electron chi connectivity index (χ1n) is 3.47. The van der Waals surface area contributed by atoms with Crippen molar-refractivity contribution >= 4 is 0 Å². The zero-order valence-electron chi connectivity index (χ0n) is 7.01. The van der Waals surface area contributed by atoms with Crippen LogP contribution in [0.4, 0.5) is 0 Å². The Morgan fingerprint density at radius 3 is 2.83 bits per heavy atom. The van der Waals surface area contributed by atoms with Gasteiger partial charge in [0.25, 0.3) is 0 Å². The van der Waals surface area contributed by atoms with Crippen molar-refractivity contribution in [2.24, 2.45) is 5.28 Å². The maximum Gasteiger partial charge on any atom is 1.00 e. The van der Waals surface area contributed by atoms with Crippen LogP contribution in [0.25, 0.3) is 0 Å². The van der Waals surface area contributed by atoms with Gasteiger partial charge in [0, 0.05) is 4.97 Å². The Morgan fingerprint density at radius 2 is 2.33 bits per heavy atom. The molecule has 1 aliphatic heterocycles. The van der Waals surface area contributed by atoms with Gasteiger partial charge in [-0.15, -0.1) is 5.01 Å². The summed E-state index contributed by atoms with van der Waals surface area (Å²) in [5, 5.41) is 32.6. The Bertz CT molecular complexity index is 166. The number of rotatable bonds is 2. The van der Waals surface area contributed by atoms with Crippen molar-refractivity contribution in [3.8, 4) is 0 Å². The van der Waals surface area contributed by atoms with E-state index in [4.69, 9.17) is 5.11 Å². The largest absolute Gasteiger partial charge is 1.00 e. The predicted octanol–water partition coefficient (Wildman–Crippen LogP) is -3.18. The molecule has 0 radical (unpaired) electrons. The number of hydrazine groups is 1. The van der Waals surface area contributed by atoms with Gasteiger partial charge in [0.1, 0.15) is 6.04 Å². The second-order valence-corrected chi connectivity index (χ2v) is 2.48. The minimum Gasteiger partial charge on any atom is -0.737 e. The molecule has 1 rings (SSSR count). The fourth-order valence-corrected chi connectivity index (χ4v) is 1.28. The van der Waals surface area contributed by atoms with Crippen molar-refractivity contribution < 1.29 is 39.6 Å². The average Bonchev–Trinajstić information content (AvgIpc) is 2.50. The Morgan fingerprint density at radius 1 is 1.67 bits per heavy atom. The topological polar surface area (TPSA) is 85.0 Å². The van der Waals surface area contributed by atoms with Crippen LogP contribution in [0.2, 0.25) is 0 Å². The van der Waals surface area contributed by atoms with E-state index in [0.29, 0.717) is 6.54 Å². The van der Waals surface area contributed by atoms with E-state index in [0.717, 1.165) is 12.8 Å². The van der Waals surface area contributed by atoms with Crippen molar-refractivity contribution in [3.05, 3.63) is 10.4 Å². The van der Waals surface area contributed by atoms with Gasteiger partial charge in [-0.2, -0.15) is 0 Å². The molecule has 0 aromatic carbocycles. The molecule has 0 aromatic rings. The van der Waals surface area contributed by atoms with Crippen LogP contribution in [0.3, 0.4) is 0 Å². The fraction of sp³-hybridized carbons (Fsp3) is 1.00. The third kappa shape index (κ3) is 2.48. The maximum absolute atomic E-state index is 10.6. The van der Waals surface area contributed by atoms with Gasteiger partial charge in [0.05, 0.1) is 13.2 Å². The van der Waals surface area contributed by atoms with Gasteiger partial charge < -0.3 is 15.5 Å². The predicted molar refractivity (Wildman–Crippen MR) is 36.2 cm³/mol. The Kier molecular flexibility index (Phi) is 5.56.